The Hall–Kier alpha value is -1.26. The third-order valence-corrected chi connectivity index (χ3v) is 1.58. The van der Waals surface area contributed by atoms with E-state index in [0.29, 0.717) is 17.8 Å². The first-order valence-electron chi connectivity index (χ1n) is 3.64. The van der Waals surface area contributed by atoms with Gasteiger partial charge < -0.3 is 11.5 Å². The van der Waals surface area contributed by atoms with Crippen molar-refractivity contribution in [1.29, 1.82) is 0 Å². The van der Waals surface area contributed by atoms with Crippen LogP contribution >= 0.6 is 0 Å². The highest BCUT2D eigenvalue weighted by atomic mass is 16.1. The Labute approximate surface area is 70.6 Å². The van der Waals surface area contributed by atoms with Crippen molar-refractivity contribution < 1.29 is 4.79 Å². The topological polar surface area (TPSA) is 82.0 Å². The zero-order valence-corrected chi connectivity index (χ0v) is 6.60. The van der Waals surface area contributed by atoms with Crippen molar-refractivity contribution in [3.05, 3.63) is 29.6 Å². The summed E-state index contributed by atoms with van der Waals surface area (Å²) in [6.45, 7) is 0.329. The van der Waals surface area contributed by atoms with E-state index < -0.39 is 0 Å². The van der Waals surface area contributed by atoms with Crippen molar-refractivity contribution in [1.82, 2.24) is 4.98 Å². The van der Waals surface area contributed by atoms with Crippen LogP contribution in [-0.4, -0.2) is 17.8 Å². The zero-order chi connectivity index (χ0) is 8.97. The molecule has 1 aromatic heterocycles. The fourth-order valence-electron chi connectivity index (χ4n) is 0.862. The fraction of sp³-hybridized carbons (Fsp3) is 0.250. The van der Waals surface area contributed by atoms with Crippen LogP contribution in [0.25, 0.3) is 0 Å². The van der Waals surface area contributed by atoms with E-state index in [0.717, 1.165) is 6.29 Å². The summed E-state index contributed by atoms with van der Waals surface area (Å²) >= 11 is 0. The second kappa shape index (κ2) is 3.94. The van der Waals surface area contributed by atoms with Crippen LogP contribution in [0.15, 0.2) is 18.3 Å². The third kappa shape index (κ3) is 1.87. The predicted molar refractivity (Wildman–Crippen MR) is 45.6 cm³/mol. The van der Waals surface area contributed by atoms with E-state index in [-0.39, 0.29) is 6.04 Å². The summed E-state index contributed by atoms with van der Waals surface area (Å²) in [5, 5.41) is 0. The molecule has 0 saturated carbocycles. The van der Waals surface area contributed by atoms with Crippen LogP contribution in [0.1, 0.15) is 22.1 Å². The van der Waals surface area contributed by atoms with E-state index >= 15 is 0 Å². The minimum atomic E-state index is -0.287. The Morgan fingerprint density at radius 2 is 2.42 bits per heavy atom. The summed E-state index contributed by atoms with van der Waals surface area (Å²) in [6.07, 6.45) is 2.31. The molecule has 4 heteroatoms. The Bertz CT molecular complexity index is 275. The van der Waals surface area contributed by atoms with Gasteiger partial charge in [0.2, 0.25) is 0 Å². The van der Waals surface area contributed by atoms with Crippen molar-refractivity contribution in [2.24, 2.45) is 11.5 Å². The number of carbonyl (C=O) groups excluding carboxylic acids is 1. The van der Waals surface area contributed by atoms with Crippen molar-refractivity contribution in [2.75, 3.05) is 6.54 Å². The summed E-state index contributed by atoms with van der Waals surface area (Å²) in [4.78, 5) is 14.4. The second-order valence-corrected chi connectivity index (χ2v) is 2.47. The molecule has 4 N–H and O–H groups in total. The van der Waals surface area contributed by atoms with Crippen molar-refractivity contribution >= 4 is 6.29 Å². The van der Waals surface area contributed by atoms with Crippen LogP contribution in [0.2, 0.25) is 0 Å². The fourth-order valence-corrected chi connectivity index (χ4v) is 0.862. The minimum absolute atomic E-state index is 0.287. The number of aromatic nitrogens is 1. The molecule has 1 rings (SSSR count). The molecule has 0 fully saturated rings. The Morgan fingerprint density at radius 3 is 3.00 bits per heavy atom. The molecule has 0 spiro atoms. The van der Waals surface area contributed by atoms with Gasteiger partial charge in [0.1, 0.15) is 6.29 Å². The first-order valence-corrected chi connectivity index (χ1v) is 3.64. The monoisotopic (exact) mass is 165 g/mol. The quantitative estimate of drug-likeness (QED) is 0.610. The largest absolute Gasteiger partial charge is 0.329 e. The highest BCUT2D eigenvalue weighted by Gasteiger charge is 2.04. The minimum Gasteiger partial charge on any atom is -0.329 e. The van der Waals surface area contributed by atoms with Gasteiger partial charge in [0.15, 0.2) is 0 Å². The molecule has 1 heterocycles. The van der Waals surface area contributed by atoms with Crippen LogP contribution in [-0.2, 0) is 0 Å². The number of aldehydes is 1. The van der Waals surface area contributed by atoms with E-state index in [1.54, 1.807) is 18.3 Å². The van der Waals surface area contributed by atoms with E-state index in [1.807, 2.05) is 0 Å². The molecule has 64 valence electrons. The number of carbonyl (C=O) groups is 1. The second-order valence-electron chi connectivity index (χ2n) is 2.47. The molecular formula is C8H11N3O. The predicted octanol–water partition coefficient (Wildman–Crippen LogP) is -0.147. The molecule has 0 aromatic carbocycles. The number of pyridine rings is 1. The van der Waals surface area contributed by atoms with Crippen LogP contribution in [0.5, 0.6) is 0 Å². The van der Waals surface area contributed by atoms with Crippen molar-refractivity contribution in [3.63, 3.8) is 0 Å². The smallest absolute Gasteiger partial charge is 0.150 e. The molecule has 0 aliphatic heterocycles. The summed E-state index contributed by atoms with van der Waals surface area (Å²) < 4.78 is 0. The van der Waals surface area contributed by atoms with E-state index in [9.17, 15) is 4.79 Å². The molecule has 0 unspecified atom stereocenters. The molecule has 0 bridgehead atoms. The molecular weight excluding hydrogens is 154 g/mol. The van der Waals surface area contributed by atoms with Gasteiger partial charge in [-0.25, -0.2) is 0 Å². The summed E-state index contributed by atoms with van der Waals surface area (Å²) in [5.74, 6) is 0. The lowest BCUT2D eigenvalue weighted by Crippen LogP contribution is -2.21. The number of nitrogens with zero attached hydrogens (tertiary/aromatic N) is 1. The Kier molecular flexibility index (Phi) is 2.90. The first-order chi connectivity index (χ1) is 5.77. The van der Waals surface area contributed by atoms with Crippen LogP contribution in [0, 0.1) is 0 Å². The molecule has 4 nitrogen and oxygen atoms in total. The zero-order valence-electron chi connectivity index (χ0n) is 6.60. The van der Waals surface area contributed by atoms with Gasteiger partial charge in [-0.15, -0.1) is 0 Å². The van der Waals surface area contributed by atoms with E-state index in [4.69, 9.17) is 11.5 Å². The highest BCUT2D eigenvalue weighted by Crippen LogP contribution is 2.06. The normalized spacial score (nSPS) is 12.5. The number of rotatable bonds is 3. The van der Waals surface area contributed by atoms with E-state index in [2.05, 4.69) is 4.98 Å². The van der Waals surface area contributed by atoms with Gasteiger partial charge in [-0.3, -0.25) is 9.78 Å². The van der Waals surface area contributed by atoms with Gasteiger partial charge in [0.25, 0.3) is 0 Å². The molecule has 0 aliphatic carbocycles. The van der Waals surface area contributed by atoms with Gasteiger partial charge in [0.05, 0.1) is 11.7 Å². The summed E-state index contributed by atoms with van der Waals surface area (Å²) in [6, 6.07) is 2.98. The molecule has 1 atom stereocenters. The molecule has 0 radical (unpaired) electrons. The van der Waals surface area contributed by atoms with Crippen LogP contribution in [0.3, 0.4) is 0 Å². The van der Waals surface area contributed by atoms with E-state index in [1.165, 1.54) is 0 Å². The number of hydrogen-bond donors (Lipinski definition) is 2. The molecule has 12 heavy (non-hydrogen) atoms. The average molecular weight is 165 g/mol. The van der Waals surface area contributed by atoms with Gasteiger partial charge >= 0.3 is 0 Å². The number of hydrogen-bond acceptors (Lipinski definition) is 4. The SMILES string of the molecule is NC[C@H](N)c1cc(C=O)ccn1. The first kappa shape index (κ1) is 8.83. The molecule has 0 saturated heterocycles. The highest BCUT2D eigenvalue weighted by molar-refractivity contribution is 5.74. The van der Waals surface area contributed by atoms with Crippen molar-refractivity contribution in [3.8, 4) is 0 Å². The third-order valence-electron chi connectivity index (χ3n) is 1.58. The summed E-state index contributed by atoms with van der Waals surface area (Å²) in [5.41, 5.74) is 12.2. The molecule has 1 aromatic rings. The lowest BCUT2D eigenvalue weighted by molar-refractivity contribution is 0.112. The lowest BCUT2D eigenvalue weighted by Gasteiger charge is -2.07. The van der Waals surface area contributed by atoms with Gasteiger partial charge in [0, 0.05) is 18.3 Å². The molecule has 0 aliphatic rings. The standard InChI is InChI=1S/C8H11N3O/c9-4-7(10)8-3-6(5-12)1-2-11-8/h1-3,5,7H,4,9-10H2/t7-/m0/s1. The van der Waals surface area contributed by atoms with Gasteiger partial charge in [-0.05, 0) is 12.1 Å². The maximum Gasteiger partial charge on any atom is 0.150 e. The maximum atomic E-state index is 10.4. The molecule has 0 amide bonds. The maximum absolute atomic E-state index is 10.4. The average Bonchev–Trinajstić information content (AvgIpc) is 2.17. The van der Waals surface area contributed by atoms with Crippen LogP contribution in [0.4, 0.5) is 0 Å². The Balaban J connectivity index is 2.93. The number of nitrogens with two attached hydrogens (primary N) is 2. The summed E-state index contributed by atoms with van der Waals surface area (Å²) in [7, 11) is 0. The van der Waals surface area contributed by atoms with Gasteiger partial charge in [-0.1, -0.05) is 0 Å². The Morgan fingerprint density at radius 1 is 1.67 bits per heavy atom. The van der Waals surface area contributed by atoms with Gasteiger partial charge in [-0.2, -0.15) is 0 Å². The van der Waals surface area contributed by atoms with Crippen molar-refractivity contribution in [2.45, 2.75) is 6.04 Å². The van der Waals surface area contributed by atoms with Crippen LogP contribution < -0.4 is 11.5 Å². The lowest BCUT2D eigenvalue weighted by atomic mass is 10.1.